The van der Waals surface area contributed by atoms with Crippen LogP contribution >= 0.6 is 0 Å². The topological polar surface area (TPSA) is 65.0 Å². The van der Waals surface area contributed by atoms with Crippen LogP contribution in [0.2, 0.25) is 0 Å². The molecule has 104 valence electrons. The molecular weight excluding hydrogens is 246 g/mol. The van der Waals surface area contributed by atoms with Crippen molar-refractivity contribution in [2.75, 3.05) is 13.7 Å². The van der Waals surface area contributed by atoms with Crippen LogP contribution in [0.5, 0.6) is 5.75 Å². The summed E-state index contributed by atoms with van der Waals surface area (Å²) in [6, 6.07) is 4.83. The fourth-order valence-electron chi connectivity index (χ4n) is 1.48. The lowest BCUT2D eigenvalue weighted by atomic mass is 10.1. The van der Waals surface area contributed by atoms with Crippen LogP contribution in [-0.2, 0) is 16.0 Å². The molecule has 19 heavy (non-hydrogen) atoms. The first-order valence-corrected chi connectivity index (χ1v) is 6.26. The van der Waals surface area contributed by atoms with Crippen LogP contribution in [0.15, 0.2) is 23.4 Å². The molecule has 0 radical (unpaired) electrons. The van der Waals surface area contributed by atoms with Gasteiger partial charge < -0.3 is 9.47 Å². The van der Waals surface area contributed by atoms with Crippen LogP contribution in [-0.4, -0.2) is 19.7 Å². The van der Waals surface area contributed by atoms with Crippen molar-refractivity contribution in [1.29, 1.82) is 0 Å². The van der Waals surface area contributed by atoms with Crippen LogP contribution in [0.3, 0.4) is 0 Å². The summed E-state index contributed by atoms with van der Waals surface area (Å²) >= 11 is 0. The van der Waals surface area contributed by atoms with Gasteiger partial charge in [0.25, 0.3) is 0 Å². The fraction of sp³-hybridized carbons (Fsp3) is 0.500. The summed E-state index contributed by atoms with van der Waals surface area (Å²) in [5, 5.41) is 2.84. The van der Waals surface area contributed by atoms with E-state index in [0.29, 0.717) is 18.3 Å². The number of carbonyl (C=O) groups is 1. The Kier molecular flexibility index (Phi) is 5.99. The number of benzene rings is 1. The van der Waals surface area contributed by atoms with Gasteiger partial charge in [0.2, 0.25) is 0 Å². The van der Waals surface area contributed by atoms with Crippen molar-refractivity contribution < 1.29 is 14.3 Å². The lowest BCUT2D eigenvalue weighted by molar-refractivity contribution is -0.144. The highest BCUT2D eigenvalue weighted by Crippen LogP contribution is 2.28. The standard InChI is InChI=1S/C14H19NO4/c1-4-10(2)9-19-14(16)8-11-5-6-12(15-17)13(7-11)18-3/h5-7,10H,4,8-9H2,1-3H3. The number of nitroso groups, excluding NO2 is 1. The van der Waals surface area contributed by atoms with E-state index in [1.54, 1.807) is 12.1 Å². The van der Waals surface area contributed by atoms with E-state index in [2.05, 4.69) is 12.1 Å². The molecule has 1 atom stereocenters. The predicted molar refractivity (Wildman–Crippen MR) is 72.6 cm³/mol. The Bertz CT molecular complexity index is 445. The molecule has 1 unspecified atom stereocenters. The van der Waals surface area contributed by atoms with Gasteiger partial charge in [-0.3, -0.25) is 4.79 Å². The van der Waals surface area contributed by atoms with Gasteiger partial charge >= 0.3 is 5.97 Å². The summed E-state index contributed by atoms with van der Waals surface area (Å²) in [5.41, 5.74) is 0.956. The number of esters is 1. The molecule has 0 saturated carbocycles. The van der Waals surface area contributed by atoms with E-state index in [0.717, 1.165) is 12.0 Å². The molecule has 0 heterocycles. The summed E-state index contributed by atoms with van der Waals surface area (Å²) in [4.78, 5) is 22.1. The van der Waals surface area contributed by atoms with Gasteiger partial charge in [-0.15, -0.1) is 4.91 Å². The molecule has 0 amide bonds. The molecule has 0 N–H and O–H groups in total. The largest absolute Gasteiger partial charge is 0.494 e. The Morgan fingerprint density at radius 2 is 2.16 bits per heavy atom. The van der Waals surface area contributed by atoms with Crippen molar-refractivity contribution in [3.05, 3.63) is 28.7 Å². The van der Waals surface area contributed by atoms with Crippen molar-refractivity contribution in [2.45, 2.75) is 26.7 Å². The number of hydrogen-bond donors (Lipinski definition) is 0. The highest BCUT2D eigenvalue weighted by Gasteiger charge is 2.10. The first kappa shape index (κ1) is 15.1. The quantitative estimate of drug-likeness (QED) is 0.561. The Hall–Kier alpha value is -1.91. The monoisotopic (exact) mass is 265 g/mol. The maximum Gasteiger partial charge on any atom is 0.310 e. The summed E-state index contributed by atoms with van der Waals surface area (Å²) in [5.74, 6) is 0.441. The highest BCUT2D eigenvalue weighted by atomic mass is 16.5. The van der Waals surface area contributed by atoms with Gasteiger partial charge in [-0.05, 0) is 28.8 Å². The van der Waals surface area contributed by atoms with Crippen LogP contribution in [0, 0.1) is 10.8 Å². The molecule has 0 saturated heterocycles. The summed E-state index contributed by atoms with van der Waals surface area (Å²) in [6.45, 7) is 4.51. The number of nitrogens with zero attached hydrogens (tertiary/aromatic N) is 1. The molecule has 0 aliphatic rings. The van der Waals surface area contributed by atoms with Crippen molar-refractivity contribution >= 4 is 11.7 Å². The molecule has 0 fully saturated rings. The summed E-state index contributed by atoms with van der Waals surface area (Å²) in [7, 11) is 1.45. The summed E-state index contributed by atoms with van der Waals surface area (Å²) < 4.78 is 10.2. The second-order valence-corrected chi connectivity index (χ2v) is 4.47. The molecule has 1 aromatic carbocycles. The smallest absolute Gasteiger partial charge is 0.310 e. The average molecular weight is 265 g/mol. The van der Waals surface area contributed by atoms with Crippen molar-refractivity contribution in [3.8, 4) is 5.75 Å². The van der Waals surface area contributed by atoms with Crippen molar-refractivity contribution in [2.24, 2.45) is 11.1 Å². The van der Waals surface area contributed by atoms with E-state index < -0.39 is 0 Å². The minimum atomic E-state index is -0.283. The van der Waals surface area contributed by atoms with Gasteiger partial charge in [-0.2, -0.15) is 0 Å². The van der Waals surface area contributed by atoms with E-state index in [9.17, 15) is 9.70 Å². The van der Waals surface area contributed by atoms with Gasteiger partial charge in [0.15, 0.2) is 0 Å². The minimum Gasteiger partial charge on any atom is -0.494 e. The molecule has 0 bridgehead atoms. The number of ether oxygens (including phenoxy) is 2. The van der Waals surface area contributed by atoms with E-state index in [1.165, 1.54) is 13.2 Å². The normalized spacial score (nSPS) is 11.7. The SMILES string of the molecule is CCC(C)COC(=O)Cc1ccc(N=O)c(OC)c1. The van der Waals surface area contributed by atoms with E-state index in [-0.39, 0.29) is 18.1 Å². The molecule has 0 spiro atoms. The summed E-state index contributed by atoms with van der Waals surface area (Å²) in [6.07, 6.45) is 1.13. The number of rotatable bonds is 7. The maximum atomic E-state index is 11.6. The third kappa shape index (κ3) is 4.69. The lowest BCUT2D eigenvalue weighted by Crippen LogP contribution is -2.13. The molecule has 1 aromatic rings. The minimum absolute atomic E-state index is 0.159. The zero-order valence-corrected chi connectivity index (χ0v) is 11.5. The van der Waals surface area contributed by atoms with Gasteiger partial charge in [0.05, 0.1) is 20.1 Å². The van der Waals surface area contributed by atoms with Gasteiger partial charge in [-0.25, -0.2) is 0 Å². The predicted octanol–water partition coefficient (Wildman–Crippen LogP) is 3.22. The van der Waals surface area contributed by atoms with Crippen molar-refractivity contribution in [3.63, 3.8) is 0 Å². The molecule has 0 aromatic heterocycles. The molecular formula is C14H19NO4. The molecule has 0 aliphatic heterocycles. The van der Waals surface area contributed by atoms with Crippen LogP contribution in [0.4, 0.5) is 5.69 Å². The molecule has 0 aliphatic carbocycles. The van der Waals surface area contributed by atoms with Crippen LogP contribution < -0.4 is 4.74 Å². The second-order valence-electron chi connectivity index (χ2n) is 4.47. The fourth-order valence-corrected chi connectivity index (χ4v) is 1.48. The molecule has 1 rings (SSSR count). The zero-order valence-electron chi connectivity index (χ0n) is 11.5. The van der Waals surface area contributed by atoms with Gasteiger partial charge in [-0.1, -0.05) is 26.3 Å². The number of methoxy groups -OCH3 is 1. The first-order valence-electron chi connectivity index (χ1n) is 6.26. The molecule has 5 nitrogen and oxygen atoms in total. The van der Waals surface area contributed by atoms with E-state index in [1.807, 2.05) is 6.92 Å². The Morgan fingerprint density at radius 1 is 1.42 bits per heavy atom. The third-order valence-corrected chi connectivity index (χ3v) is 2.92. The number of carbonyl (C=O) groups excluding carboxylic acids is 1. The van der Waals surface area contributed by atoms with E-state index >= 15 is 0 Å². The first-order chi connectivity index (χ1) is 9.10. The maximum absolute atomic E-state index is 11.6. The van der Waals surface area contributed by atoms with Crippen LogP contribution in [0.1, 0.15) is 25.8 Å². The Labute approximate surface area is 112 Å². The van der Waals surface area contributed by atoms with E-state index in [4.69, 9.17) is 9.47 Å². The number of hydrogen-bond acceptors (Lipinski definition) is 5. The highest BCUT2D eigenvalue weighted by molar-refractivity contribution is 5.73. The zero-order chi connectivity index (χ0) is 14.3. The Balaban J connectivity index is 2.61. The van der Waals surface area contributed by atoms with Gasteiger partial charge in [0.1, 0.15) is 11.4 Å². The average Bonchev–Trinajstić information content (AvgIpc) is 2.44. The lowest BCUT2D eigenvalue weighted by Gasteiger charge is -2.10. The van der Waals surface area contributed by atoms with Crippen molar-refractivity contribution in [1.82, 2.24) is 0 Å². The third-order valence-electron chi connectivity index (χ3n) is 2.92. The Morgan fingerprint density at radius 3 is 2.74 bits per heavy atom. The molecule has 5 heteroatoms. The second kappa shape index (κ2) is 7.51. The van der Waals surface area contributed by atoms with Gasteiger partial charge in [0, 0.05) is 0 Å². The van der Waals surface area contributed by atoms with Crippen LogP contribution in [0.25, 0.3) is 0 Å².